The van der Waals surface area contributed by atoms with Crippen LogP contribution in [0.4, 0.5) is 0 Å². The summed E-state index contributed by atoms with van der Waals surface area (Å²) in [6.07, 6.45) is 7.43. The highest BCUT2D eigenvalue weighted by Gasteiger charge is 2.28. The average Bonchev–Trinajstić information content (AvgIpc) is 3.33. The van der Waals surface area contributed by atoms with Crippen molar-refractivity contribution in [2.75, 3.05) is 6.54 Å². The molecule has 0 radical (unpaired) electrons. The van der Waals surface area contributed by atoms with Crippen LogP contribution >= 0.6 is 22.7 Å². The van der Waals surface area contributed by atoms with E-state index in [1.165, 1.54) is 41.9 Å². The van der Waals surface area contributed by atoms with Crippen molar-refractivity contribution >= 4 is 34.5 Å². The van der Waals surface area contributed by atoms with Crippen LogP contribution in [-0.4, -0.2) is 34.4 Å². The second-order valence-corrected chi connectivity index (χ2v) is 10.1. The van der Waals surface area contributed by atoms with E-state index in [4.69, 9.17) is 0 Å². The standard InChI is InChI=1S/C22H32N4O2S2/c1-5-17-24-13(3)19(29-17)21(27)23-12-16(15-10-8-7-9-11-15)26-22(28)20-14(4)25-18(6-2)30-20/h15-16H,5-12H2,1-4H3,(H,23,27)(H,26,28). The van der Waals surface area contributed by atoms with Crippen LogP contribution in [0.25, 0.3) is 0 Å². The van der Waals surface area contributed by atoms with Crippen LogP contribution in [0, 0.1) is 19.8 Å². The molecule has 1 aliphatic rings. The molecule has 0 saturated heterocycles. The van der Waals surface area contributed by atoms with Crippen molar-refractivity contribution in [3.05, 3.63) is 31.2 Å². The Labute approximate surface area is 186 Å². The molecule has 2 N–H and O–H groups in total. The number of thiazole rings is 2. The first-order valence-electron chi connectivity index (χ1n) is 10.9. The smallest absolute Gasteiger partial charge is 0.263 e. The lowest BCUT2D eigenvalue weighted by Gasteiger charge is -2.31. The number of aromatic nitrogens is 2. The highest BCUT2D eigenvalue weighted by Crippen LogP contribution is 2.27. The Hall–Kier alpha value is -1.80. The highest BCUT2D eigenvalue weighted by molar-refractivity contribution is 7.14. The summed E-state index contributed by atoms with van der Waals surface area (Å²) in [5.41, 5.74) is 1.56. The normalized spacial score (nSPS) is 15.7. The largest absolute Gasteiger partial charge is 0.349 e. The van der Waals surface area contributed by atoms with Crippen LogP contribution in [0.5, 0.6) is 0 Å². The molecule has 1 unspecified atom stereocenters. The minimum absolute atomic E-state index is 0.0724. The van der Waals surface area contributed by atoms with Crippen molar-refractivity contribution in [2.24, 2.45) is 5.92 Å². The number of carbonyl (C=O) groups excluding carboxylic acids is 2. The van der Waals surface area contributed by atoms with Gasteiger partial charge in [0.1, 0.15) is 9.75 Å². The molecule has 1 atom stereocenters. The van der Waals surface area contributed by atoms with Gasteiger partial charge in [0.15, 0.2) is 0 Å². The molecule has 30 heavy (non-hydrogen) atoms. The van der Waals surface area contributed by atoms with Gasteiger partial charge in [-0.15, -0.1) is 22.7 Å². The number of nitrogens with zero attached hydrogens (tertiary/aromatic N) is 2. The zero-order chi connectivity index (χ0) is 21.7. The van der Waals surface area contributed by atoms with Crippen molar-refractivity contribution < 1.29 is 9.59 Å². The molecule has 1 saturated carbocycles. The summed E-state index contributed by atoms with van der Waals surface area (Å²) in [4.78, 5) is 36.1. The Morgan fingerprint density at radius 3 is 1.97 bits per heavy atom. The van der Waals surface area contributed by atoms with E-state index in [1.54, 1.807) is 0 Å². The van der Waals surface area contributed by atoms with Crippen LogP contribution in [-0.2, 0) is 12.8 Å². The first-order chi connectivity index (χ1) is 14.4. The Kier molecular flexibility index (Phi) is 7.99. The maximum absolute atomic E-state index is 13.0. The SMILES string of the molecule is CCc1nc(C)c(C(=O)NCC(NC(=O)c2sc(CC)nc2C)C2CCCCC2)s1. The number of carbonyl (C=O) groups is 2. The van der Waals surface area contributed by atoms with Gasteiger partial charge in [-0.3, -0.25) is 9.59 Å². The maximum atomic E-state index is 13.0. The highest BCUT2D eigenvalue weighted by atomic mass is 32.1. The molecule has 6 nitrogen and oxygen atoms in total. The third kappa shape index (κ3) is 5.46. The van der Waals surface area contributed by atoms with Crippen LogP contribution < -0.4 is 10.6 Å². The molecule has 8 heteroatoms. The lowest BCUT2D eigenvalue weighted by molar-refractivity contribution is 0.0886. The molecule has 0 bridgehead atoms. The first kappa shape index (κ1) is 22.9. The van der Waals surface area contributed by atoms with Gasteiger partial charge in [0, 0.05) is 12.6 Å². The summed E-state index contributed by atoms with van der Waals surface area (Å²) in [7, 11) is 0. The maximum Gasteiger partial charge on any atom is 0.263 e. The molecule has 164 valence electrons. The van der Waals surface area contributed by atoms with E-state index in [1.807, 2.05) is 27.7 Å². The lowest BCUT2D eigenvalue weighted by atomic mass is 9.83. The first-order valence-corrected chi connectivity index (χ1v) is 12.6. The molecule has 0 spiro atoms. The zero-order valence-corrected chi connectivity index (χ0v) is 20.0. The van der Waals surface area contributed by atoms with Gasteiger partial charge >= 0.3 is 0 Å². The third-order valence-electron chi connectivity index (χ3n) is 5.72. The van der Waals surface area contributed by atoms with Crippen LogP contribution in [0.1, 0.15) is 86.7 Å². The fourth-order valence-electron chi connectivity index (χ4n) is 4.02. The average molecular weight is 449 g/mol. The molecule has 0 aliphatic heterocycles. The van der Waals surface area contributed by atoms with Crippen molar-refractivity contribution in [1.82, 2.24) is 20.6 Å². The minimum Gasteiger partial charge on any atom is -0.349 e. The van der Waals surface area contributed by atoms with Crippen LogP contribution in [0.2, 0.25) is 0 Å². The number of nitrogens with one attached hydrogen (secondary N) is 2. The quantitative estimate of drug-likeness (QED) is 0.625. The van der Waals surface area contributed by atoms with Gasteiger partial charge in [-0.25, -0.2) is 9.97 Å². The van der Waals surface area contributed by atoms with Gasteiger partial charge in [0.2, 0.25) is 0 Å². The van der Waals surface area contributed by atoms with Gasteiger partial charge < -0.3 is 10.6 Å². The molecule has 1 aliphatic carbocycles. The predicted octanol–water partition coefficient (Wildman–Crippen LogP) is 4.45. The van der Waals surface area contributed by atoms with Crippen molar-refractivity contribution in [3.63, 3.8) is 0 Å². The number of hydrogen-bond donors (Lipinski definition) is 2. The summed E-state index contributed by atoms with van der Waals surface area (Å²) < 4.78 is 0. The number of amides is 2. The van der Waals surface area contributed by atoms with Gasteiger partial charge in [-0.2, -0.15) is 0 Å². The van der Waals surface area contributed by atoms with Crippen LogP contribution in [0.3, 0.4) is 0 Å². The van der Waals surface area contributed by atoms with Crippen molar-refractivity contribution in [1.29, 1.82) is 0 Å². The summed E-state index contributed by atoms with van der Waals surface area (Å²) >= 11 is 2.92. The van der Waals surface area contributed by atoms with E-state index in [-0.39, 0.29) is 17.9 Å². The third-order valence-corrected chi connectivity index (χ3v) is 8.32. The van der Waals surface area contributed by atoms with Crippen molar-refractivity contribution in [3.8, 4) is 0 Å². The van der Waals surface area contributed by atoms with E-state index in [2.05, 4.69) is 20.6 Å². The van der Waals surface area contributed by atoms with Gasteiger partial charge in [-0.05, 0) is 45.4 Å². The fraction of sp³-hybridized carbons (Fsp3) is 0.636. The second kappa shape index (κ2) is 10.5. The summed E-state index contributed by atoms with van der Waals surface area (Å²) in [6, 6.07) is -0.0767. The van der Waals surface area contributed by atoms with Crippen molar-refractivity contribution in [2.45, 2.75) is 78.7 Å². The van der Waals surface area contributed by atoms with E-state index >= 15 is 0 Å². The van der Waals surface area contributed by atoms with E-state index in [0.29, 0.717) is 22.2 Å². The molecule has 2 aromatic rings. The number of rotatable bonds is 8. The second-order valence-electron chi connectivity index (χ2n) is 7.94. The minimum atomic E-state index is -0.0954. The summed E-state index contributed by atoms with van der Waals surface area (Å²) in [6.45, 7) is 8.29. The summed E-state index contributed by atoms with van der Waals surface area (Å²) in [5, 5.41) is 8.24. The van der Waals surface area contributed by atoms with Crippen LogP contribution in [0.15, 0.2) is 0 Å². The van der Waals surface area contributed by atoms with E-state index in [0.717, 1.165) is 47.1 Å². The predicted molar refractivity (Wildman–Crippen MR) is 123 cm³/mol. The molecule has 3 rings (SSSR count). The molecule has 0 aromatic carbocycles. The molecule has 1 fully saturated rings. The van der Waals surface area contributed by atoms with Gasteiger partial charge in [0.05, 0.1) is 21.4 Å². The lowest BCUT2D eigenvalue weighted by Crippen LogP contribution is -2.48. The summed E-state index contributed by atoms with van der Waals surface area (Å²) in [5.74, 6) is 0.217. The Morgan fingerprint density at radius 1 is 0.933 bits per heavy atom. The van der Waals surface area contributed by atoms with E-state index < -0.39 is 0 Å². The monoisotopic (exact) mass is 448 g/mol. The molecule has 2 heterocycles. The zero-order valence-electron chi connectivity index (χ0n) is 18.3. The van der Waals surface area contributed by atoms with E-state index in [9.17, 15) is 9.59 Å². The molecular formula is C22H32N4O2S2. The molecular weight excluding hydrogens is 416 g/mol. The molecule has 2 amide bonds. The Bertz CT molecular complexity index is 884. The fourth-order valence-corrected chi connectivity index (χ4v) is 5.85. The Morgan fingerprint density at radius 2 is 1.47 bits per heavy atom. The Balaban J connectivity index is 1.70. The topological polar surface area (TPSA) is 84.0 Å². The number of hydrogen-bond acceptors (Lipinski definition) is 6. The number of aryl methyl sites for hydroxylation is 4. The molecule has 2 aromatic heterocycles. The van der Waals surface area contributed by atoms with Gasteiger partial charge in [-0.1, -0.05) is 33.1 Å². The van der Waals surface area contributed by atoms with Gasteiger partial charge in [0.25, 0.3) is 11.8 Å².